The molecule has 2 atom stereocenters. The van der Waals surface area contributed by atoms with Gasteiger partial charge in [0.25, 0.3) is 0 Å². The average molecular weight is 501 g/mol. The van der Waals surface area contributed by atoms with Gasteiger partial charge in [-0.2, -0.15) is 0 Å². The number of nitrogens with zero attached hydrogens (tertiary/aromatic N) is 4. The Kier molecular flexibility index (Phi) is 7.65. The highest BCUT2D eigenvalue weighted by atomic mass is 19.1. The van der Waals surface area contributed by atoms with Crippen LogP contribution in [0.3, 0.4) is 0 Å². The molecular formula is C27H34F2N4O3. The predicted molar refractivity (Wildman–Crippen MR) is 131 cm³/mol. The van der Waals surface area contributed by atoms with E-state index in [1.165, 1.54) is 17.4 Å². The molecule has 1 unspecified atom stereocenters. The third-order valence-electron chi connectivity index (χ3n) is 7.72. The number of likely N-dealkylation sites (tertiary alicyclic amines) is 1. The molecule has 1 saturated carbocycles. The van der Waals surface area contributed by atoms with E-state index in [1.54, 1.807) is 19.2 Å². The van der Waals surface area contributed by atoms with Crippen LogP contribution in [0.1, 0.15) is 36.8 Å². The van der Waals surface area contributed by atoms with Crippen LogP contribution >= 0.6 is 0 Å². The molecule has 1 aromatic carbocycles. The van der Waals surface area contributed by atoms with Gasteiger partial charge in [-0.3, -0.25) is 4.79 Å². The molecule has 3 fully saturated rings. The number of anilines is 1. The molecule has 2 aliphatic heterocycles. The first-order chi connectivity index (χ1) is 17.5. The lowest BCUT2D eigenvalue weighted by Crippen LogP contribution is -2.52. The fourth-order valence-corrected chi connectivity index (χ4v) is 5.45. The highest BCUT2D eigenvalue weighted by Crippen LogP contribution is 2.49. The molecule has 36 heavy (non-hydrogen) atoms. The van der Waals surface area contributed by atoms with E-state index in [9.17, 15) is 13.6 Å². The second-order valence-electron chi connectivity index (χ2n) is 10.3. The van der Waals surface area contributed by atoms with Gasteiger partial charge in [-0.1, -0.05) is 6.07 Å². The third-order valence-corrected chi connectivity index (χ3v) is 7.72. The summed E-state index contributed by atoms with van der Waals surface area (Å²) in [6, 6.07) is 4.65. The van der Waals surface area contributed by atoms with Crippen molar-refractivity contribution in [2.75, 3.05) is 44.8 Å². The van der Waals surface area contributed by atoms with Gasteiger partial charge in [-0.05, 0) is 55.1 Å². The van der Waals surface area contributed by atoms with Gasteiger partial charge in [-0.25, -0.2) is 18.7 Å². The van der Waals surface area contributed by atoms with Crippen molar-refractivity contribution in [3.63, 3.8) is 0 Å². The van der Waals surface area contributed by atoms with Crippen molar-refractivity contribution in [1.82, 2.24) is 14.9 Å². The molecule has 194 valence electrons. The average Bonchev–Trinajstić information content (AvgIpc) is 3.64. The zero-order valence-corrected chi connectivity index (χ0v) is 20.7. The van der Waals surface area contributed by atoms with Crippen LogP contribution in [0.15, 0.2) is 30.6 Å². The molecule has 3 heterocycles. The molecule has 1 amide bonds. The number of amides is 1. The molecule has 0 radical (unpaired) electrons. The second kappa shape index (κ2) is 11.1. The van der Waals surface area contributed by atoms with Gasteiger partial charge in [-0.15, -0.1) is 0 Å². The molecule has 0 bridgehead atoms. The number of alkyl halides is 1. The lowest BCUT2D eigenvalue weighted by Gasteiger charge is -2.34. The Morgan fingerprint density at radius 3 is 2.58 bits per heavy atom. The smallest absolute Gasteiger partial charge is 0.227 e. The third kappa shape index (κ3) is 5.94. The van der Waals surface area contributed by atoms with Gasteiger partial charge >= 0.3 is 0 Å². The Labute approximate surface area is 210 Å². The lowest BCUT2D eigenvalue weighted by molar-refractivity contribution is -0.137. The summed E-state index contributed by atoms with van der Waals surface area (Å²) in [4.78, 5) is 24.7. The van der Waals surface area contributed by atoms with Crippen molar-refractivity contribution in [1.29, 1.82) is 0 Å². The van der Waals surface area contributed by atoms with Crippen molar-refractivity contribution >= 4 is 11.9 Å². The summed E-state index contributed by atoms with van der Waals surface area (Å²) in [5.74, 6) is 2.73. The van der Waals surface area contributed by atoms with E-state index in [0.717, 1.165) is 55.7 Å². The van der Waals surface area contributed by atoms with E-state index in [1.807, 2.05) is 12.4 Å². The summed E-state index contributed by atoms with van der Waals surface area (Å²) in [7, 11) is 1.67. The summed E-state index contributed by atoms with van der Waals surface area (Å²) >= 11 is 0. The number of carbonyl (C=O) groups excluding carboxylic acids is 1. The van der Waals surface area contributed by atoms with E-state index in [0.29, 0.717) is 30.4 Å². The van der Waals surface area contributed by atoms with Crippen molar-refractivity contribution in [3.05, 3.63) is 47.5 Å². The molecule has 1 aromatic heterocycles. The Balaban J connectivity index is 1.01. The number of rotatable bonds is 10. The fourth-order valence-electron chi connectivity index (χ4n) is 5.45. The normalized spacial score (nSPS) is 22.4. The van der Waals surface area contributed by atoms with Crippen LogP contribution in [0.5, 0.6) is 5.75 Å². The van der Waals surface area contributed by atoms with Gasteiger partial charge in [0.1, 0.15) is 17.7 Å². The van der Waals surface area contributed by atoms with Crippen molar-refractivity contribution in [2.45, 2.75) is 44.9 Å². The van der Waals surface area contributed by atoms with E-state index in [4.69, 9.17) is 9.47 Å². The quantitative estimate of drug-likeness (QED) is 0.494. The van der Waals surface area contributed by atoms with Crippen LogP contribution in [-0.2, 0) is 22.6 Å². The van der Waals surface area contributed by atoms with E-state index < -0.39 is 12.0 Å². The Morgan fingerprint density at radius 1 is 1.17 bits per heavy atom. The summed E-state index contributed by atoms with van der Waals surface area (Å²) in [5, 5.41) is 0. The monoisotopic (exact) mass is 500 g/mol. The molecule has 2 saturated heterocycles. The predicted octanol–water partition coefficient (Wildman–Crippen LogP) is 3.81. The van der Waals surface area contributed by atoms with Crippen LogP contribution < -0.4 is 9.64 Å². The second-order valence-corrected chi connectivity index (χ2v) is 10.3. The molecule has 1 aliphatic carbocycles. The number of halogens is 2. The van der Waals surface area contributed by atoms with Crippen LogP contribution in [0.25, 0.3) is 0 Å². The minimum Gasteiger partial charge on any atom is -0.493 e. The van der Waals surface area contributed by atoms with Gasteiger partial charge in [0, 0.05) is 44.2 Å². The number of piperidine rings is 1. The first-order valence-electron chi connectivity index (χ1n) is 12.9. The number of carbonyl (C=O) groups is 1. The van der Waals surface area contributed by atoms with Crippen molar-refractivity contribution < 1.29 is 23.0 Å². The molecule has 0 N–H and O–H groups in total. The van der Waals surface area contributed by atoms with Crippen LogP contribution in [-0.4, -0.2) is 66.8 Å². The summed E-state index contributed by atoms with van der Waals surface area (Å²) < 4.78 is 38.3. The SMILES string of the molecule is COCc1cnc(N2CCC([C@H]3CC3CCOc3ccc(CC(=O)N4CC(F)C4)c(F)c3)CC2)nc1. The maximum atomic E-state index is 14.4. The standard InChI is InChI=1S/C27H34F2N4O3/c1-35-17-18-13-30-27(31-14-18)32-7-4-19(5-8-32)24-10-20(24)6-9-36-23-3-2-21(25(29)12-23)11-26(34)33-15-22(28)16-33/h2-3,12-14,19-20,22,24H,4-11,15-17H2,1H3/t20?,24-/m1/s1. The highest BCUT2D eigenvalue weighted by Gasteiger charge is 2.43. The zero-order chi connectivity index (χ0) is 25.1. The molecule has 3 aliphatic rings. The molecule has 0 spiro atoms. The summed E-state index contributed by atoms with van der Waals surface area (Å²) in [6.07, 6.45) is 7.18. The van der Waals surface area contributed by atoms with Crippen LogP contribution in [0.2, 0.25) is 0 Å². The number of benzene rings is 1. The first-order valence-corrected chi connectivity index (χ1v) is 12.9. The Morgan fingerprint density at radius 2 is 1.92 bits per heavy atom. The van der Waals surface area contributed by atoms with E-state index in [2.05, 4.69) is 14.9 Å². The molecule has 7 nitrogen and oxygen atoms in total. The lowest BCUT2D eigenvalue weighted by atomic mass is 9.90. The van der Waals surface area contributed by atoms with E-state index >= 15 is 0 Å². The van der Waals surface area contributed by atoms with E-state index in [-0.39, 0.29) is 25.4 Å². The number of hydrogen-bond donors (Lipinski definition) is 0. The first kappa shape index (κ1) is 24.9. The largest absolute Gasteiger partial charge is 0.493 e. The maximum absolute atomic E-state index is 14.4. The maximum Gasteiger partial charge on any atom is 0.227 e. The summed E-state index contributed by atoms with van der Waals surface area (Å²) in [6.45, 7) is 3.27. The molecule has 5 rings (SSSR count). The number of hydrogen-bond acceptors (Lipinski definition) is 6. The molecule has 9 heteroatoms. The molecular weight excluding hydrogens is 466 g/mol. The molecule has 2 aromatic rings. The van der Waals surface area contributed by atoms with Gasteiger partial charge in [0.15, 0.2) is 0 Å². The summed E-state index contributed by atoms with van der Waals surface area (Å²) in [5.41, 5.74) is 1.30. The Bertz CT molecular complexity index is 1040. The van der Waals surface area contributed by atoms with Crippen molar-refractivity contribution in [2.24, 2.45) is 17.8 Å². The number of ether oxygens (including phenoxy) is 2. The Hall–Kier alpha value is -2.81. The number of aromatic nitrogens is 2. The fraction of sp³-hybridized carbons (Fsp3) is 0.593. The van der Waals surface area contributed by atoms with Gasteiger partial charge in [0.05, 0.1) is 32.7 Å². The minimum atomic E-state index is -0.951. The van der Waals surface area contributed by atoms with Crippen molar-refractivity contribution in [3.8, 4) is 5.75 Å². The highest BCUT2D eigenvalue weighted by molar-refractivity contribution is 5.79. The minimum absolute atomic E-state index is 0.0490. The van der Waals surface area contributed by atoms with Gasteiger partial charge in [0.2, 0.25) is 11.9 Å². The van der Waals surface area contributed by atoms with Crippen LogP contribution in [0, 0.1) is 23.6 Å². The zero-order valence-electron chi connectivity index (χ0n) is 20.7. The van der Waals surface area contributed by atoms with Gasteiger partial charge < -0.3 is 19.3 Å². The van der Waals surface area contributed by atoms with Crippen LogP contribution in [0.4, 0.5) is 14.7 Å². The topological polar surface area (TPSA) is 67.8 Å². The number of methoxy groups -OCH3 is 1.